The van der Waals surface area contributed by atoms with E-state index in [1.54, 1.807) is 36.4 Å². The van der Waals surface area contributed by atoms with E-state index in [0.29, 0.717) is 30.1 Å². The number of rotatable bonds is 6. The molecule has 162 valence electrons. The molecule has 2 aromatic rings. The van der Waals surface area contributed by atoms with Crippen LogP contribution in [0.5, 0.6) is 11.5 Å². The Morgan fingerprint density at radius 2 is 1.84 bits per heavy atom. The van der Waals surface area contributed by atoms with Crippen molar-refractivity contribution < 1.29 is 29.3 Å². The summed E-state index contributed by atoms with van der Waals surface area (Å²) in [5, 5.41) is 20.7. The molecule has 2 aliphatic heterocycles. The molecular formula is C24H25NO6. The molecule has 0 aromatic heterocycles. The highest BCUT2D eigenvalue weighted by molar-refractivity contribution is 6.46. The maximum Gasteiger partial charge on any atom is 0.295 e. The number of carbonyl (C=O) groups excluding carboxylic acids is 2. The van der Waals surface area contributed by atoms with Gasteiger partial charge in [0.25, 0.3) is 11.7 Å². The topological polar surface area (TPSA) is 96.3 Å². The summed E-state index contributed by atoms with van der Waals surface area (Å²) in [4.78, 5) is 27.4. The second-order valence-corrected chi connectivity index (χ2v) is 7.64. The van der Waals surface area contributed by atoms with E-state index in [1.165, 1.54) is 17.0 Å². The smallest absolute Gasteiger partial charge is 0.295 e. The molecular weight excluding hydrogens is 398 g/mol. The summed E-state index contributed by atoms with van der Waals surface area (Å²) < 4.78 is 11.1. The Bertz CT molecular complexity index is 990. The monoisotopic (exact) mass is 423 g/mol. The van der Waals surface area contributed by atoms with Gasteiger partial charge in [-0.3, -0.25) is 9.59 Å². The van der Waals surface area contributed by atoms with Crippen molar-refractivity contribution in [2.24, 2.45) is 0 Å². The van der Waals surface area contributed by atoms with Crippen molar-refractivity contribution in [2.45, 2.75) is 31.9 Å². The maximum absolute atomic E-state index is 13.0. The third-order valence-corrected chi connectivity index (χ3v) is 5.61. The summed E-state index contributed by atoms with van der Waals surface area (Å²) in [6.45, 7) is 3.28. The molecule has 0 aliphatic carbocycles. The van der Waals surface area contributed by atoms with E-state index in [9.17, 15) is 19.8 Å². The van der Waals surface area contributed by atoms with E-state index in [-0.39, 0.29) is 29.7 Å². The Kier molecular flexibility index (Phi) is 5.95. The Hall–Kier alpha value is -3.32. The number of hydrogen-bond acceptors (Lipinski definition) is 6. The van der Waals surface area contributed by atoms with Gasteiger partial charge in [-0.05, 0) is 61.7 Å². The van der Waals surface area contributed by atoms with Gasteiger partial charge in [0.05, 0.1) is 24.3 Å². The Labute approximate surface area is 180 Å². The van der Waals surface area contributed by atoms with Crippen LogP contribution in [0.2, 0.25) is 0 Å². The predicted octanol–water partition coefficient (Wildman–Crippen LogP) is 3.39. The molecule has 2 saturated heterocycles. The van der Waals surface area contributed by atoms with Crippen LogP contribution in [-0.4, -0.2) is 52.7 Å². The molecule has 2 atom stereocenters. The minimum atomic E-state index is -0.767. The van der Waals surface area contributed by atoms with Gasteiger partial charge in [0, 0.05) is 18.7 Å². The normalized spacial score (nSPS) is 22.8. The number of nitrogens with zero attached hydrogens (tertiary/aromatic N) is 1. The molecule has 1 amide bonds. The second-order valence-electron chi connectivity index (χ2n) is 7.64. The number of phenols is 1. The first-order valence-corrected chi connectivity index (χ1v) is 10.4. The SMILES string of the molecule is CCOc1ccc(/C(O)=C2/C(=O)C(=O)N(CC3CCCO3)C2c2ccc(O)cc2)cc1. The van der Waals surface area contributed by atoms with Gasteiger partial charge >= 0.3 is 0 Å². The van der Waals surface area contributed by atoms with Crippen LogP contribution in [0.1, 0.15) is 36.9 Å². The van der Waals surface area contributed by atoms with Gasteiger partial charge in [-0.1, -0.05) is 12.1 Å². The van der Waals surface area contributed by atoms with E-state index in [1.807, 2.05) is 6.92 Å². The molecule has 2 aromatic carbocycles. The largest absolute Gasteiger partial charge is 0.508 e. The van der Waals surface area contributed by atoms with Crippen LogP contribution in [0, 0.1) is 0 Å². The standard InChI is InChI=1S/C24H25NO6/c1-2-30-18-11-7-16(8-12-18)22(27)20-21(15-5-9-17(26)10-6-15)25(24(29)23(20)28)14-19-4-3-13-31-19/h5-12,19,21,26-27H,2-4,13-14H2,1H3/b22-20-. The third-order valence-electron chi connectivity index (χ3n) is 5.61. The Morgan fingerprint density at radius 3 is 2.45 bits per heavy atom. The number of phenolic OH excluding ortho intramolecular Hbond substituents is 1. The number of aliphatic hydroxyl groups is 1. The van der Waals surface area contributed by atoms with Crippen LogP contribution < -0.4 is 4.74 Å². The van der Waals surface area contributed by atoms with Crippen LogP contribution in [0.3, 0.4) is 0 Å². The molecule has 2 aliphatic rings. The molecule has 2 unspecified atom stereocenters. The van der Waals surface area contributed by atoms with E-state index >= 15 is 0 Å². The summed E-state index contributed by atoms with van der Waals surface area (Å²) in [5.41, 5.74) is 1.07. The van der Waals surface area contributed by atoms with E-state index in [0.717, 1.165) is 12.8 Å². The Balaban J connectivity index is 1.77. The molecule has 0 saturated carbocycles. The van der Waals surface area contributed by atoms with Crippen LogP contribution >= 0.6 is 0 Å². The molecule has 2 heterocycles. The lowest BCUT2D eigenvalue weighted by molar-refractivity contribution is -0.140. The van der Waals surface area contributed by atoms with Gasteiger partial charge in [-0.2, -0.15) is 0 Å². The van der Waals surface area contributed by atoms with Crippen molar-refractivity contribution in [3.63, 3.8) is 0 Å². The summed E-state index contributed by atoms with van der Waals surface area (Å²) in [6.07, 6.45) is 1.57. The number of ether oxygens (including phenoxy) is 2. The van der Waals surface area contributed by atoms with Crippen molar-refractivity contribution in [2.75, 3.05) is 19.8 Å². The fourth-order valence-electron chi connectivity index (χ4n) is 4.11. The lowest BCUT2D eigenvalue weighted by Gasteiger charge is -2.27. The van der Waals surface area contributed by atoms with Crippen molar-refractivity contribution in [3.8, 4) is 11.5 Å². The maximum atomic E-state index is 13.0. The second kappa shape index (κ2) is 8.81. The average molecular weight is 423 g/mol. The first-order valence-electron chi connectivity index (χ1n) is 10.4. The number of hydrogen-bond donors (Lipinski definition) is 2. The lowest BCUT2D eigenvalue weighted by atomic mass is 9.95. The fourth-order valence-corrected chi connectivity index (χ4v) is 4.11. The number of aliphatic hydroxyl groups excluding tert-OH is 1. The number of amides is 1. The zero-order chi connectivity index (χ0) is 22.0. The molecule has 31 heavy (non-hydrogen) atoms. The average Bonchev–Trinajstić information content (AvgIpc) is 3.37. The van der Waals surface area contributed by atoms with Crippen LogP contribution in [0.4, 0.5) is 0 Å². The van der Waals surface area contributed by atoms with Gasteiger partial charge in [0.1, 0.15) is 17.3 Å². The molecule has 0 spiro atoms. The van der Waals surface area contributed by atoms with Crippen molar-refractivity contribution in [1.29, 1.82) is 0 Å². The highest BCUT2D eigenvalue weighted by Crippen LogP contribution is 2.40. The lowest BCUT2D eigenvalue weighted by Crippen LogP contribution is -2.36. The number of carbonyl (C=O) groups is 2. The Morgan fingerprint density at radius 1 is 1.13 bits per heavy atom. The van der Waals surface area contributed by atoms with Gasteiger partial charge in [0.2, 0.25) is 0 Å². The van der Waals surface area contributed by atoms with Gasteiger partial charge in [-0.15, -0.1) is 0 Å². The summed E-state index contributed by atoms with van der Waals surface area (Å²) in [5.74, 6) is -0.919. The molecule has 2 N–H and O–H groups in total. The quantitative estimate of drug-likeness (QED) is 0.420. The molecule has 4 rings (SSSR count). The minimum absolute atomic E-state index is 0.0258. The van der Waals surface area contributed by atoms with E-state index in [2.05, 4.69) is 0 Å². The van der Waals surface area contributed by atoms with Crippen molar-refractivity contribution in [3.05, 3.63) is 65.2 Å². The molecule has 7 nitrogen and oxygen atoms in total. The number of aromatic hydroxyl groups is 1. The zero-order valence-electron chi connectivity index (χ0n) is 17.3. The third kappa shape index (κ3) is 4.14. The number of likely N-dealkylation sites (tertiary alicyclic amines) is 1. The highest BCUT2D eigenvalue weighted by atomic mass is 16.5. The minimum Gasteiger partial charge on any atom is -0.508 e. The van der Waals surface area contributed by atoms with Crippen molar-refractivity contribution in [1.82, 2.24) is 4.90 Å². The number of ketones is 1. The predicted molar refractivity (Wildman–Crippen MR) is 114 cm³/mol. The molecule has 0 radical (unpaired) electrons. The van der Waals surface area contributed by atoms with Crippen LogP contribution in [-0.2, 0) is 14.3 Å². The summed E-state index contributed by atoms with van der Waals surface area (Å²) >= 11 is 0. The van der Waals surface area contributed by atoms with Crippen LogP contribution in [0.15, 0.2) is 54.1 Å². The molecule has 2 fully saturated rings. The van der Waals surface area contributed by atoms with E-state index < -0.39 is 17.7 Å². The fraction of sp³-hybridized carbons (Fsp3) is 0.333. The molecule has 0 bridgehead atoms. The highest BCUT2D eigenvalue weighted by Gasteiger charge is 2.47. The van der Waals surface area contributed by atoms with E-state index in [4.69, 9.17) is 9.47 Å². The van der Waals surface area contributed by atoms with Gasteiger partial charge in [0.15, 0.2) is 0 Å². The summed E-state index contributed by atoms with van der Waals surface area (Å²) in [6, 6.07) is 12.3. The summed E-state index contributed by atoms with van der Waals surface area (Å²) in [7, 11) is 0. The van der Waals surface area contributed by atoms with Gasteiger partial charge in [-0.25, -0.2) is 0 Å². The molecule has 7 heteroatoms. The van der Waals surface area contributed by atoms with Crippen LogP contribution in [0.25, 0.3) is 5.76 Å². The zero-order valence-corrected chi connectivity index (χ0v) is 17.3. The number of Topliss-reactive ketones (excluding diaryl/α,β-unsaturated/α-hetero) is 1. The van der Waals surface area contributed by atoms with Crippen molar-refractivity contribution >= 4 is 17.4 Å². The number of benzene rings is 2. The van der Waals surface area contributed by atoms with Gasteiger partial charge < -0.3 is 24.6 Å². The first kappa shape index (κ1) is 20.9. The first-order chi connectivity index (χ1) is 15.0.